The van der Waals surface area contributed by atoms with Gasteiger partial charge in [0.05, 0.1) is 26.0 Å². The van der Waals surface area contributed by atoms with Gasteiger partial charge < -0.3 is 14.2 Å². The van der Waals surface area contributed by atoms with E-state index in [-0.39, 0.29) is 0 Å². The zero-order valence-electron chi connectivity index (χ0n) is 15.5. The van der Waals surface area contributed by atoms with Crippen LogP contribution in [0.4, 0.5) is 0 Å². The smallest absolute Gasteiger partial charge is 0.308 e. The van der Waals surface area contributed by atoms with Gasteiger partial charge in [0, 0.05) is 6.92 Å². The highest BCUT2D eigenvalue weighted by atomic mass is 32.1. The molecule has 0 spiro atoms. The monoisotopic (exact) mass is 398 g/mol. The fourth-order valence-corrected chi connectivity index (χ4v) is 2.71. The van der Waals surface area contributed by atoms with E-state index in [2.05, 4.69) is 15.3 Å². The fourth-order valence-electron chi connectivity index (χ4n) is 2.53. The number of aromatic amines is 1. The highest BCUT2D eigenvalue weighted by molar-refractivity contribution is 7.71. The van der Waals surface area contributed by atoms with Crippen LogP contribution in [-0.4, -0.2) is 41.3 Å². The maximum absolute atomic E-state index is 11.2. The molecule has 0 fully saturated rings. The van der Waals surface area contributed by atoms with E-state index in [1.54, 1.807) is 31.5 Å². The molecule has 9 heteroatoms. The lowest BCUT2D eigenvalue weighted by atomic mass is 10.2. The predicted molar refractivity (Wildman–Crippen MR) is 107 cm³/mol. The number of nitrogens with zero attached hydrogens (tertiary/aromatic N) is 3. The largest absolute Gasteiger partial charge is 0.496 e. The van der Waals surface area contributed by atoms with Crippen LogP contribution in [0.15, 0.2) is 47.6 Å². The summed E-state index contributed by atoms with van der Waals surface area (Å²) in [6, 6.07) is 12.5. The Kier molecular flexibility index (Phi) is 5.85. The third-order valence-corrected chi connectivity index (χ3v) is 4.03. The SMILES string of the molecule is COc1cc(/C=N\n2c(-c3ccccc3OC)n[nH]c2=S)ccc1OC(C)=O. The molecule has 0 saturated carbocycles. The van der Waals surface area contributed by atoms with Gasteiger partial charge in [0.15, 0.2) is 17.3 Å². The lowest BCUT2D eigenvalue weighted by Crippen LogP contribution is -2.03. The molecule has 28 heavy (non-hydrogen) atoms. The number of benzene rings is 2. The molecule has 1 N–H and O–H groups in total. The number of carbonyl (C=O) groups is 1. The van der Waals surface area contributed by atoms with E-state index in [4.69, 9.17) is 26.4 Å². The number of H-pyrrole nitrogens is 1. The molecule has 0 atom stereocenters. The number of carbonyl (C=O) groups excluding carboxylic acids is 1. The minimum absolute atomic E-state index is 0.334. The number of aromatic nitrogens is 3. The first kappa shape index (κ1) is 19.3. The van der Waals surface area contributed by atoms with Gasteiger partial charge in [-0.1, -0.05) is 12.1 Å². The van der Waals surface area contributed by atoms with Crippen LogP contribution in [0.5, 0.6) is 17.2 Å². The van der Waals surface area contributed by atoms with Crippen LogP contribution in [0.25, 0.3) is 11.4 Å². The summed E-state index contributed by atoms with van der Waals surface area (Å²) < 4.78 is 17.6. The molecule has 1 aromatic heterocycles. The Bertz CT molecular complexity index is 1090. The predicted octanol–water partition coefficient (Wildman–Crippen LogP) is 3.43. The standard InChI is InChI=1S/C19H18N4O4S/c1-12(24)27-16-9-8-13(10-17(16)26-3)11-20-23-18(21-22-19(23)28)14-6-4-5-7-15(14)25-2/h4-11H,1-3H3,(H,22,28)/b20-11-. The van der Waals surface area contributed by atoms with Crippen molar-refractivity contribution >= 4 is 24.4 Å². The van der Waals surface area contributed by atoms with Gasteiger partial charge in [-0.3, -0.25) is 4.79 Å². The van der Waals surface area contributed by atoms with Crippen LogP contribution in [0.3, 0.4) is 0 Å². The van der Waals surface area contributed by atoms with Crippen LogP contribution in [0.1, 0.15) is 12.5 Å². The van der Waals surface area contributed by atoms with Gasteiger partial charge in [-0.15, -0.1) is 0 Å². The van der Waals surface area contributed by atoms with Gasteiger partial charge in [-0.05, 0) is 48.1 Å². The molecule has 0 bridgehead atoms. The molecule has 1 heterocycles. The Hall–Kier alpha value is -3.46. The van der Waals surface area contributed by atoms with E-state index in [1.165, 1.54) is 18.7 Å². The summed E-state index contributed by atoms with van der Waals surface area (Å²) in [4.78, 5) is 11.2. The summed E-state index contributed by atoms with van der Waals surface area (Å²) in [5.74, 6) is 1.50. The molecule has 3 aromatic rings. The summed E-state index contributed by atoms with van der Waals surface area (Å²) in [5, 5.41) is 11.4. The van der Waals surface area contributed by atoms with Crippen molar-refractivity contribution in [3.63, 3.8) is 0 Å². The summed E-state index contributed by atoms with van der Waals surface area (Å²) in [6.07, 6.45) is 1.60. The summed E-state index contributed by atoms with van der Waals surface area (Å²) in [6.45, 7) is 1.33. The van der Waals surface area contributed by atoms with Crippen molar-refractivity contribution in [2.75, 3.05) is 14.2 Å². The van der Waals surface area contributed by atoms with E-state index in [0.29, 0.717) is 27.8 Å². The lowest BCUT2D eigenvalue weighted by Gasteiger charge is -2.08. The molecule has 0 aliphatic rings. The van der Waals surface area contributed by atoms with Gasteiger partial charge in [0.2, 0.25) is 4.77 Å². The highest BCUT2D eigenvalue weighted by Gasteiger charge is 2.13. The number of para-hydroxylation sites is 1. The maximum atomic E-state index is 11.2. The van der Waals surface area contributed by atoms with Gasteiger partial charge in [0.25, 0.3) is 0 Å². The molecule has 8 nitrogen and oxygen atoms in total. The normalized spacial score (nSPS) is 10.8. The Morgan fingerprint density at radius 1 is 1.14 bits per heavy atom. The number of nitrogens with one attached hydrogen (secondary N) is 1. The zero-order valence-corrected chi connectivity index (χ0v) is 16.3. The number of ether oxygens (including phenoxy) is 3. The second kappa shape index (κ2) is 8.49. The van der Waals surface area contributed by atoms with Crippen LogP contribution in [-0.2, 0) is 4.79 Å². The first-order valence-electron chi connectivity index (χ1n) is 8.25. The van der Waals surface area contributed by atoms with Crippen molar-refractivity contribution in [1.29, 1.82) is 0 Å². The molecule has 0 unspecified atom stereocenters. The van der Waals surface area contributed by atoms with Crippen LogP contribution in [0, 0.1) is 4.77 Å². The van der Waals surface area contributed by atoms with Gasteiger partial charge >= 0.3 is 5.97 Å². The first-order chi connectivity index (χ1) is 13.5. The van der Waals surface area contributed by atoms with E-state index >= 15 is 0 Å². The lowest BCUT2D eigenvalue weighted by molar-refractivity contribution is -0.132. The van der Waals surface area contributed by atoms with Gasteiger partial charge in [0.1, 0.15) is 5.75 Å². The van der Waals surface area contributed by atoms with Crippen molar-refractivity contribution in [2.24, 2.45) is 5.10 Å². The quantitative estimate of drug-likeness (QED) is 0.296. The molecule has 144 valence electrons. The summed E-state index contributed by atoms with van der Waals surface area (Å²) in [5.41, 5.74) is 1.47. The van der Waals surface area contributed by atoms with Crippen molar-refractivity contribution < 1.29 is 19.0 Å². The minimum atomic E-state index is -0.425. The second-order valence-electron chi connectivity index (χ2n) is 5.61. The number of hydrogen-bond donors (Lipinski definition) is 1. The zero-order chi connectivity index (χ0) is 20.1. The maximum Gasteiger partial charge on any atom is 0.308 e. The Labute approximate surface area is 166 Å². The highest BCUT2D eigenvalue weighted by Crippen LogP contribution is 2.29. The Morgan fingerprint density at radius 2 is 1.89 bits per heavy atom. The van der Waals surface area contributed by atoms with Gasteiger partial charge in [-0.25, -0.2) is 5.10 Å². The molecule has 0 radical (unpaired) electrons. The topological polar surface area (TPSA) is 90.7 Å². The Balaban J connectivity index is 1.97. The first-order valence-corrected chi connectivity index (χ1v) is 8.66. The molecule has 0 aliphatic heterocycles. The molecular formula is C19H18N4O4S. The molecule has 3 rings (SSSR count). The number of esters is 1. The molecule has 2 aromatic carbocycles. The minimum Gasteiger partial charge on any atom is -0.496 e. The molecule has 0 saturated heterocycles. The fraction of sp³-hybridized carbons (Fsp3) is 0.158. The van der Waals surface area contributed by atoms with Crippen molar-refractivity contribution in [1.82, 2.24) is 14.9 Å². The van der Waals surface area contributed by atoms with Crippen molar-refractivity contribution in [3.8, 4) is 28.6 Å². The van der Waals surface area contributed by atoms with Crippen molar-refractivity contribution in [2.45, 2.75) is 6.92 Å². The molecule has 0 aliphatic carbocycles. The van der Waals surface area contributed by atoms with Crippen LogP contribution >= 0.6 is 12.2 Å². The van der Waals surface area contributed by atoms with E-state index in [0.717, 1.165) is 11.1 Å². The van der Waals surface area contributed by atoms with Crippen LogP contribution < -0.4 is 14.2 Å². The van der Waals surface area contributed by atoms with Crippen molar-refractivity contribution in [3.05, 3.63) is 52.8 Å². The summed E-state index contributed by atoms with van der Waals surface area (Å²) >= 11 is 5.29. The molecular weight excluding hydrogens is 380 g/mol. The average molecular weight is 398 g/mol. The third-order valence-electron chi connectivity index (χ3n) is 3.76. The number of methoxy groups -OCH3 is 2. The number of rotatable bonds is 6. The van der Waals surface area contributed by atoms with E-state index in [9.17, 15) is 4.79 Å². The second-order valence-corrected chi connectivity index (χ2v) is 6.00. The average Bonchev–Trinajstić information content (AvgIpc) is 3.07. The Morgan fingerprint density at radius 3 is 2.61 bits per heavy atom. The van der Waals surface area contributed by atoms with E-state index < -0.39 is 5.97 Å². The van der Waals surface area contributed by atoms with Crippen LogP contribution in [0.2, 0.25) is 0 Å². The third kappa shape index (κ3) is 4.09. The summed E-state index contributed by atoms with van der Waals surface area (Å²) in [7, 11) is 3.08. The van der Waals surface area contributed by atoms with E-state index in [1.807, 2.05) is 24.3 Å². The molecule has 0 amide bonds. The van der Waals surface area contributed by atoms with Gasteiger partial charge in [-0.2, -0.15) is 14.9 Å². The number of hydrogen-bond acceptors (Lipinski definition) is 7.